The molecule has 0 atom stereocenters. The molecule has 0 radical (unpaired) electrons. The molecule has 1 heteroatoms. The molecule has 1 rings (SSSR count). The van der Waals surface area contributed by atoms with Crippen molar-refractivity contribution in [3.63, 3.8) is 0 Å². The topological polar surface area (TPSA) is 0 Å². The summed E-state index contributed by atoms with van der Waals surface area (Å²) in [5, 5.41) is 0. The Morgan fingerprint density at radius 2 is 1.62 bits per heavy atom. The summed E-state index contributed by atoms with van der Waals surface area (Å²) >= 11 is 0. The average Bonchev–Trinajstić information content (AvgIpc) is 2.16. The molecule has 0 nitrogen and oxygen atoms in total. The number of rotatable bonds is 2. The van der Waals surface area contributed by atoms with Gasteiger partial charge in [-0.15, -0.1) is 0 Å². The van der Waals surface area contributed by atoms with E-state index in [2.05, 4.69) is 41.5 Å². The molecule has 0 bridgehead atoms. The van der Waals surface area contributed by atoms with Gasteiger partial charge in [0, 0.05) is 0 Å². The van der Waals surface area contributed by atoms with Crippen molar-refractivity contribution in [2.24, 2.45) is 0 Å². The first-order valence-corrected chi connectivity index (χ1v) is 5.99. The first-order chi connectivity index (χ1) is 7.18. The van der Waals surface area contributed by atoms with Gasteiger partial charge in [0.2, 0.25) is 0 Å². The first kappa shape index (κ1) is 13.2. The molecule has 0 saturated carbocycles. The van der Waals surface area contributed by atoms with Crippen LogP contribution in [0.3, 0.4) is 0 Å². The summed E-state index contributed by atoms with van der Waals surface area (Å²) in [7, 11) is 0. The van der Waals surface area contributed by atoms with Crippen LogP contribution in [0, 0.1) is 5.82 Å². The second kappa shape index (κ2) is 4.20. The summed E-state index contributed by atoms with van der Waals surface area (Å²) < 4.78 is 13.8. The molecule has 0 spiro atoms. The third-order valence-corrected chi connectivity index (χ3v) is 3.45. The lowest BCUT2D eigenvalue weighted by Crippen LogP contribution is -2.20. The van der Waals surface area contributed by atoms with E-state index in [0.717, 1.165) is 12.0 Å². The lowest BCUT2D eigenvalue weighted by atomic mass is 9.78. The summed E-state index contributed by atoms with van der Waals surface area (Å²) in [6.45, 7) is 12.8. The third kappa shape index (κ3) is 2.63. The van der Waals surface area contributed by atoms with Crippen LogP contribution < -0.4 is 0 Å². The monoisotopic (exact) mass is 222 g/mol. The van der Waals surface area contributed by atoms with Crippen LogP contribution in [-0.4, -0.2) is 0 Å². The first-order valence-electron chi connectivity index (χ1n) is 5.99. The zero-order chi connectivity index (χ0) is 12.6. The molecule has 0 fully saturated rings. The normalized spacial score (nSPS) is 12.9. The number of hydrogen-bond donors (Lipinski definition) is 0. The Morgan fingerprint density at radius 3 is 2.06 bits per heavy atom. The van der Waals surface area contributed by atoms with Gasteiger partial charge in [-0.1, -0.05) is 53.7 Å². The number of benzene rings is 1. The van der Waals surface area contributed by atoms with Crippen LogP contribution in [0.25, 0.3) is 0 Å². The zero-order valence-corrected chi connectivity index (χ0v) is 11.3. The summed E-state index contributed by atoms with van der Waals surface area (Å²) in [5.41, 5.74) is 2.02. The number of hydrogen-bond acceptors (Lipinski definition) is 0. The van der Waals surface area contributed by atoms with Crippen LogP contribution in [0.15, 0.2) is 18.2 Å². The Labute approximate surface area is 98.9 Å². The highest BCUT2D eigenvalue weighted by molar-refractivity contribution is 5.34. The van der Waals surface area contributed by atoms with Gasteiger partial charge in [0.1, 0.15) is 5.82 Å². The Hall–Kier alpha value is -0.850. The van der Waals surface area contributed by atoms with Gasteiger partial charge in [0.05, 0.1) is 0 Å². The maximum Gasteiger partial charge on any atom is 0.126 e. The molecule has 0 N–H and O–H groups in total. The smallest absolute Gasteiger partial charge is 0.126 e. The summed E-state index contributed by atoms with van der Waals surface area (Å²) in [4.78, 5) is 0. The Kier molecular flexibility index (Phi) is 3.47. The molecular formula is C15H23F. The van der Waals surface area contributed by atoms with Crippen LogP contribution >= 0.6 is 0 Å². The average molecular weight is 222 g/mol. The van der Waals surface area contributed by atoms with Crippen molar-refractivity contribution in [1.82, 2.24) is 0 Å². The zero-order valence-electron chi connectivity index (χ0n) is 11.3. The minimum absolute atomic E-state index is 0.0757. The maximum atomic E-state index is 13.8. The molecule has 0 aliphatic heterocycles. The predicted octanol–water partition coefficient (Wildman–Crippen LogP) is 4.81. The van der Waals surface area contributed by atoms with Gasteiger partial charge >= 0.3 is 0 Å². The molecule has 1 aromatic rings. The molecular weight excluding hydrogens is 199 g/mol. The summed E-state index contributed by atoms with van der Waals surface area (Å²) in [5.74, 6) is -0.0835. The Bertz CT molecular complexity index is 370. The van der Waals surface area contributed by atoms with Crippen LogP contribution in [0.2, 0.25) is 0 Å². The highest BCUT2D eigenvalue weighted by Gasteiger charge is 2.24. The van der Waals surface area contributed by atoms with E-state index in [-0.39, 0.29) is 16.6 Å². The van der Waals surface area contributed by atoms with E-state index in [9.17, 15) is 4.39 Å². The van der Waals surface area contributed by atoms with Gasteiger partial charge in [-0.25, -0.2) is 4.39 Å². The van der Waals surface area contributed by atoms with Crippen molar-refractivity contribution in [3.05, 3.63) is 35.1 Å². The largest absolute Gasteiger partial charge is 0.207 e. The summed E-state index contributed by atoms with van der Waals surface area (Å²) in [6, 6.07) is 5.52. The highest BCUT2D eigenvalue weighted by Crippen LogP contribution is 2.32. The van der Waals surface area contributed by atoms with Gasteiger partial charge in [-0.2, -0.15) is 0 Å². The van der Waals surface area contributed by atoms with Crippen molar-refractivity contribution in [3.8, 4) is 0 Å². The van der Waals surface area contributed by atoms with Crippen LogP contribution in [0.4, 0.5) is 4.39 Å². The molecule has 0 aliphatic rings. The van der Waals surface area contributed by atoms with E-state index in [4.69, 9.17) is 0 Å². The van der Waals surface area contributed by atoms with Gasteiger partial charge < -0.3 is 0 Å². The minimum atomic E-state index is -0.0919. The Morgan fingerprint density at radius 1 is 1.06 bits per heavy atom. The van der Waals surface area contributed by atoms with Crippen molar-refractivity contribution in [2.45, 2.75) is 58.8 Å². The van der Waals surface area contributed by atoms with Crippen molar-refractivity contribution in [2.75, 3.05) is 0 Å². The SMILES string of the molecule is CCC(C)(C)c1cc(C(C)(C)C)ccc1F. The standard InChI is InChI=1S/C15H23F/c1-7-15(5,6)12-10-11(14(2,3)4)8-9-13(12)16/h8-10H,7H2,1-6H3. The summed E-state index contributed by atoms with van der Waals surface area (Å²) in [6.07, 6.45) is 0.942. The van der Waals surface area contributed by atoms with E-state index >= 15 is 0 Å². The predicted molar refractivity (Wildman–Crippen MR) is 68.4 cm³/mol. The quantitative estimate of drug-likeness (QED) is 0.673. The second-order valence-corrected chi connectivity index (χ2v) is 6.18. The maximum absolute atomic E-state index is 13.8. The van der Waals surface area contributed by atoms with Crippen LogP contribution in [-0.2, 0) is 10.8 Å². The van der Waals surface area contributed by atoms with Crippen LogP contribution in [0.5, 0.6) is 0 Å². The van der Waals surface area contributed by atoms with Crippen LogP contribution in [0.1, 0.15) is 59.1 Å². The fourth-order valence-corrected chi connectivity index (χ4v) is 1.70. The Balaban J connectivity index is 3.30. The third-order valence-electron chi connectivity index (χ3n) is 3.45. The van der Waals surface area contributed by atoms with Crippen molar-refractivity contribution < 1.29 is 4.39 Å². The van der Waals surface area contributed by atoms with Gasteiger partial charge in [-0.05, 0) is 34.4 Å². The second-order valence-electron chi connectivity index (χ2n) is 6.18. The van der Waals surface area contributed by atoms with Crippen molar-refractivity contribution >= 4 is 0 Å². The highest BCUT2D eigenvalue weighted by atomic mass is 19.1. The molecule has 0 aromatic heterocycles. The molecule has 16 heavy (non-hydrogen) atoms. The molecule has 0 heterocycles. The van der Waals surface area contributed by atoms with Gasteiger partial charge in [-0.3, -0.25) is 0 Å². The van der Waals surface area contributed by atoms with E-state index in [1.54, 1.807) is 6.07 Å². The fraction of sp³-hybridized carbons (Fsp3) is 0.600. The van der Waals surface area contributed by atoms with Gasteiger partial charge in [0.25, 0.3) is 0 Å². The van der Waals surface area contributed by atoms with Gasteiger partial charge in [0.15, 0.2) is 0 Å². The van der Waals surface area contributed by atoms with Crippen molar-refractivity contribution in [1.29, 1.82) is 0 Å². The lowest BCUT2D eigenvalue weighted by molar-refractivity contribution is 0.465. The molecule has 0 amide bonds. The molecule has 0 aliphatic carbocycles. The fourth-order valence-electron chi connectivity index (χ4n) is 1.70. The molecule has 90 valence electrons. The molecule has 0 saturated heterocycles. The van der Waals surface area contributed by atoms with E-state index in [1.165, 1.54) is 5.56 Å². The van der Waals surface area contributed by atoms with E-state index in [1.807, 2.05) is 12.1 Å². The molecule has 1 aromatic carbocycles. The minimum Gasteiger partial charge on any atom is -0.207 e. The van der Waals surface area contributed by atoms with E-state index < -0.39 is 0 Å². The molecule has 0 unspecified atom stereocenters. The van der Waals surface area contributed by atoms with E-state index in [0.29, 0.717) is 0 Å². The lowest BCUT2D eigenvalue weighted by Gasteiger charge is -2.27. The number of halogens is 1.